The van der Waals surface area contributed by atoms with Gasteiger partial charge in [-0.25, -0.2) is 0 Å². The Morgan fingerprint density at radius 3 is 2.46 bits per heavy atom. The molecule has 0 spiro atoms. The highest BCUT2D eigenvalue weighted by atomic mass is 35.5. The third kappa shape index (κ3) is 6.01. The normalized spacial score (nSPS) is 26.1. The number of nitrogens with one attached hydrogen (secondary N) is 2. The van der Waals surface area contributed by atoms with E-state index < -0.39 is 11.9 Å². The second-order valence-electron chi connectivity index (χ2n) is 12.8. The maximum atomic E-state index is 13.0. The van der Waals surface area contributed by atoms with Gasteiger partial charge < -0.3 is 15.0 Å². The molecule has 2 fully saturated rings. The average molecular weight is 576 g/mol. The molecule has 0 aromatic heterocycles. The molecule has 1 unspecified atom stereocenters. The van der Waals surface area contributed by atoms with Gasteiger partial charge in [-0.05, 0) is 104 Å². The molecule has 1 saturated heterocycles. The van der Waals surface area contributed by atoms with Crippen LogP contribution in [-0.4, -0.2) is 40.8 Å². The molecule has 8 heteroatoms. The first-order valence-corrected chi connectivity index (χ1v) is 15.2. The summed E-state index contributed by atoms with van der Waals surface area (Å²) in [6.07, 6.45) is 8.03. The Labute approximate surface area is 246 Å². The molecule has 2 aliphatic carbocycles. The zero-order valence-corrected chi connectivity index (χ0v) is 24.6. The van der Waals surface area contributed by atoms with E-state index >= 15 is 0 Å². The number of imide groups is 1. The lowest BCUT2D eigenvalue weighted by Crippen LogP contribution is -2.52. The van der Waals surface area contributed by atoms with Crippen molar-refractivity contribution in [2.24, 2.45) is 5.41 Å². The molecule has 0 bridgehead atoms. The van der Waals surface area contributed by atoms with Gasteiger partial charge in [0.05, 0.1) is 6.10 Å². The van der Waals surface area contributed by atoms with E-state index in [-0.39, 0.29) is 29.8 Å². The smallest absolute Gasteiger partial charge is 0.255 e. The van der Waals surface area contributed by atoms with Gasteiger partial charge in [0, 0.05) is 35.3 Å². The largest absolute Gasteiger partial charge is 0.490 e. The summed E-state index contributed by atoms with van der Waals surface area (Å²) in [5, 5.41) is 7.04. The number of nitrogens with zero attached hydrogens (tertiary/aromatic N) is 1. The molecule has 7 nitrogen and oxygen atoms in total. The summed E-state index contributed by atoms with van der Waals surface area (Å²) in [6.45, 7) is 5.06. The van der Waals surface area contributed by atoms with Crippen molar-refractivity contribution in [3.8, 4) is 5.75 Å². The van der Waals surface area contributed by atoms with Gasteiger partial charge in [0.2, 0.25) is 11.8 Å². The Bertz CT molecular complexity index is 1390. The molecule has 6 rings (SSSR count). The molecule has 216 valence electrons. The van der Waals surface area contributed by atoms with E-state index in [2.05, 4.69) is 36.6 Å². The fourth-order valence-electron chi connectivity index (χ4n) is 6.76. The van der Waals surface area contributed by atoms with Crippen molar-refractivity contribution in [3.63, 3.8) is 0 Å². The first-order valence-electron chi connectivity index (χ1n) is 14.8. The van der Waals surface area contributed by atoms with E-state index in [9.17, 15) is 14.4 Å². The summed E-state index contributed by atoms with van der Waals surface area (Å²) in [4.78, 5) is 38.4. The van der Waals surface area contributed by atoms with E-state index in [0.29, 0.717) is 24.6 Å². The van der Waals surface area contributed by atoms with Crippen LogP contribution in [0.1, 0.15) is 93.1 Å². The molecule has 41 heavy (non-hydrogen) atoms. The number of halogens is 1. The monoisotopic (exact) mass is 575 g/mol. The molecule has 2 aliphatic heterocycles. The van der Waals surface area contributed by atoms with Gasteiger partial charge in [0.25, 0.3) is 5.91 Å². The zero-order chi connectivity index (χ0) is 28.7. The highest BCUT2D eigenvalue weighted by Gasteiger charge is 2.39. The van der Waals surface area contributed by atoms with Gasteiger partial charge in [-0.1, -0.05) is 37.6 Å². The first-order chi connectivity index (χ1) is 19.6. The number of carbonyl (C=O) groups excluding carboxylic acids is 3. The summed E-state index contributed by atoms with van der Waals surface area (Å²) in [5.74, 6) is -0.0685. The summed E-state index contributed by atoms with van der Waals surface area (Å²) < 4.78 is 6.39. The summed E-state index contributed by atoms with van der Waals surface area (Å²) >= 11 is 6.17. The van der Waals surface area contributed by atoms with Crippen molar-refractivity contribution in [2.45, 2.75) is 96.4 Å². The van der Waals surface area contributed by atoms with E-state index in [0.717, 1.165) is 54.9 Å². The van der Waals surface area contributed by atoms with Gasteiger partial charge in [-0.15, -0.1) is 0 Å². The zero-order valence-electron chi connectivity index (χ0n) is 23.8. The van der Waals surface area contributed by atoms with Crippen LogP contribution >= 0.6 is 11.6 Å². The Kier molecular flexibility index (Phi) is 7.58. The van der Waals surface area contributed by atoms with Gasteiger partial charge in [0.15, 0.2) is 0 Å². The minimum atomic E-state index is -0.606. The van der Waals surface area contributed by atoms with Crippen LogP contribution in [0.15, 0.2) is 48.2 Å². The number of ether oxygens (including phenoxy) is 1. The average Bonchev–Trinajstić information content (AvgIpc) is 3.26. The highest BCUT2D eigenvalue weighted by Crippen LogP contribution is 2.43. The fourth-order valence-corrected chi connectivity index (χ4v) is 6.89. The van der Waals surface area contributed by atoms with Crippen LogP contribution < -0.4 is 15.4 Å². The quantitative estimate of drug-likeness (QED) is 0.412. The number of carbonyl (C=O) groups is 3. The standard InChI is InChI=1S/C33H38ClN3O4/c1-33(2)16-15-28(27(18-33)20-3-5-22(34)6-4-20)35-23-7-9-24(10-8-23)41-25-11-12-26-21(17-25)19-37(32(26)40)29-13-14-30(38)36-31(29)39/h3-6,11-12,17,23-24,29,35H,7-10,13-16,18-19H2,1-2H3,(H,36,38,39). The van der Waals surface area contributed by atoms with E-state index in [1.165, 1.54) is 23.3 Å². The Morgan fingerprint density at radius 2 is 1.73 bits per heavy atom. The van der Waals surface area contributed by atoms with Crippen molar-refractivity contribution >= 4 is 34.9 Å². The molecule has 2 aromatic rings. The molecule has 3 amide bonds. The molecule has 1 saturated carbocycles. The number of amides is 3. The maximum Gasteiger partial charge on any atom is 0.255 e. The second kappa shape index (κ2) is 11.2. The van der Waals surface area contributed by atoms with E-state index in [4.69, 9.17) is 16.3 Å². The van der Waals surface area contributed by atoms with Crippen LogP contribution in [0.2, 0.25) is 5.02 Å². The van der Waals surface area contributed by atoms with Gasteiger partial charge >= 0.3 is 0 Å². The molecule has 2 N–H and O–H groups in total. The summed E-state index contributed by atoms with van der Waals surface area (Å²) in [7, 11) is 0. The number of hydrogen-bond acceptors (Lipinski definition) is 5. The van der Waals surface area contributed by atoms with Crippen LogP contribution in [0.25, 0.3) is 5.57 Å². The van der Waals surface area contributed by atoms with Crippen molar-refractivity contribution in [3.05, 3.63) is 69.9 Å². The number of piperidine rings is 1. The predicted octanol–water partition coefficient (Wildman–Crippen LogP) is 6.00. The third-order valence-electron chi connectivity index (χ3n) is 9.11. The molecule has 1 atom stereocenters. The topological polar surface area (TPSA) is 87.7 Å². The minimum Gasteiger partial charge on any atom is -0.490 e. The first kappa shape index (κ1) is 27.8. The van der Waals surface area contributed by atoms with Gasteiger partial charge in [-0.3, -0.25) is 19.7 Å². The van der Waals surface area contributed by atoms with Gasteiger partial charge in [-0.2, -0.15) is 0 Å². The third-order valence-corrected chi connectivity index (χ3v) is 9.37. The molecule has 2 aromatic carbocycles. The molecule has 4 aliphatic rings. The lowest BCUT2D eigenvalue weighted by molar-refractivity contribution is -0.136. The minimum absolute atomic E-state index is 0.129. The maximum absolute atomic E-state index is 13.0. The number of fused-ring (bicyclic) bond motifs is 1. The Balaban J connectivity index is 1.07. The van der Waals surface area contributed by atoms with Crippen LogP contribution in [0.4, 0.5) is 0 Å². The van der Waals surface area contributed by atoms with Gasteiger partial charge in [0.1, 0.15) is 11.8 Å². The van der Waals surface area contributed by atoms with Crippen LogP contribution in [0, 0.1) is 5.41 Å². The molecule has 0 radical (unpaired) electrons. The Hall–Kier alpha value is -3.32. The predicted molar refractivity (Wildman–Crippen MR) is 158 cm³/mol. The second-order valence-corrected chi connectivity index (χ2v) is 13.2. The van der Waals surface area contributed by atoms with Crippen LogP contribution in [0.3, 0.4) is 0 Å². The highest BCUT2D eigenvalue weighted by molar-refractivity contribution is 6.30. The molecular formula is C33H38ClN3O4. The number of rotatable bonds is 6. The van der Waals surface area contributed by atoms with E-state index in [1.54, 1.807) is 11.0 Å². The van der Waals surface area contributed by atoms with Crippen molar-refractivity contribution in [1.82, 2.24) is 15.5 Å². The van der Waals surface area contributed by atoms with Crippen LogP contribution in [0.5, 0.6) is 5.75 Å². The lowest BCUT2D eigenvalue weighted by Gasteiger charge is -2.37. The van der Waals surface area contributed by atoms with Crippen LogP contribution in [-0.2, 0) is 16.1 Å². The fraction of sp³-hybridized carbons (Fsp3) is 0.485. The lowest BCUT2D eigenvalue weighted by atomic mass is 9.74. The number of benzene rings is 2. The molecule has 2 heterocycles. The van der Waals surface area contributed by atoms with Crippen molar-refractivity contribution in [1.29, 1.82) is 0 Å². The van der Waals surface area contributed by atoms with E-state index in [1.807, 2.05) is 24.3 Å². The SMILES string of the molecule is CC1(C)CCC(NC2CCC(Oc3ccc4c(c3)CN(C3CCC(=O)NC3=O)C4=O)CC2)=C(c2ccc(Cl)cc2)C1. The summed E-state index contributed by atoms with van der Waals surface area (Å²) in [5.41, 5.74) is 5.80. The van der Waals surface area contributed by atoms with Crippen molar-refractivity contribution < 1.29 is 19.1 Å². The van der Waals surface area contributed by atoms with Crippen molar-refractivity contribution in [2.75, 3.05) is 0 Å². The Morgan fingerprint density at radius 1 is 0.976 bits per heavy atom. The summed E-state index contributed by atoms with van der Waals surface area (Å²) in [6, 6.07) is 13.7. The number of hydrogen-bond donors (Lipinski definition) is 2. The molecular weight excluding hydrogens is 538 g/mol. The number of allylic oxidation sites excluding steroid dienone is 2.